The molecule has 68 valence electrons. The van der Waals surface area contributed by atoms with Crippen LogP contribution in [0.15, 0.2) is 6.07 Å². The molecule has 0 unspecified atom stereocenters. The molecule has 0 atom stereocenters. The number of halogens is 1. The second-order valence-electron chi connectivity index (χ2n) is 3.23. The Balaban J connectivity index is 3.33. The molecule has 0 amide bonds. The van der Waals surface area contributed by atoms with Crippen LogP contribution in [0.3, 0.4) is 0 Å². The lowest BCUT2D eigenvalue weighted by Crippen LogP contribution is -1.95. The van der Waals surface area contributed by atoms with Crippen molar-refractivity contribution < 1.29 is 0 Å². The van der Waals surface area contributed by atoms with Crippen molar-refractivity contribution in [2.75, 3.05) is 0 Å². The van der Waals surface area contributed by atoms with Crippen molar-refractivity contribution in [3.05, 3.63) is 33.8 Å². The lowest BCUT2D eigenvalue weighted by Gasteiger charge is -2.08. The maximum Gasteiger partial charge on any atom is 0.271 e. The van der Waals surface area contributed by atoms with E-state index in [1.807, 2.05) is 6.92 Å². The topological polar surface area (TPSA) is 17.2 Å². The number of aryl methyl sites for hydroxylation is 1. The minimum atomic E-state index is 0.347. The summed E-state index contributed by atoms with van der Waals surface area (Å²) in [6.45, 7) is 12.8. The minimum Gasteiger partial charge on any atom is -0.361 e. The van der Waals surface area contributed by atoms with Crippen LogP contribution in [0.25, 0.3) is 4.85 Å². The third-order valence-corrected chi connectivity index (χ3v) is 2.19. The van der Waals surface area contributed by atoms with Crippen LogP contribution in [0.2, 0.25) is 5.02 Å². The van der Waals surface area contributed by atoms with Crippen molar-refractivity contribution in [3.63, 3.8) is 0 Å². The molecule has 0 aliphatic rings. The molecule has 1 heterocycles. The minimum absolute atomic E-state index is 0.347. The normalized spacial score (nSPS) is 10.2. The predicted octanol–water partition coefficient (Wildman–Crippen LogP) is 3.72. The van der Waals surface area contributed by atoms with Crippen LogP contribution in [-0.2, 0) is 0 Å². The van der Waals surface area contributed by atoms with Gasteiger partial charge in [-0.05, 0) is 12.0 Å². The third-order valence-electron chi connectivity index (χ3n) is 1.88. The van der Waals surface area contributed by atoms with Crippen LogP contribution < -0.4 is 0 Å². The van der Waals surface area contributed by atoms with Crippen molar-refractivity contribution in [1.82, 2.24) is 4.98 Å². The van der Waals surface area contributed by atoms with E-state index in [9.17, 15) is 0 Å². The number of hydrogen-bond acceptors (Lipinski definition) is 1. The van der Waals surface area contributed by atoms with Gasteiger partial charge in [-0.15, -0.1) is 4.98 Å². The number of pyridine rings is 1. The highest BCUT2D eigenvalue weighted by Crippen LogP contribution is 2.29. The first kappa shape index (κ1) is 10.0. The summed E-state index contributed by atoms with van der Waals surface area (Å²) in [6, 6.07) is 1.62. The first-order valence-corrected chi connectivity index (χ1v) is 4.48. The molecule has 0 spiro atoms. The molecule has 0 aliphatic heterocycles. The monoisotopic (exact) mass is 194 g/mol. The highest BCUT2D eigenvalue weighted by molar-refractivity contribution is 6.31. The van der Waals surface area contributed by atoms with Crippen molar-refractivity contribution in [3.8, 4) is 0 Å². The van der Waals surface area contributed by atoms with E-state index in [0.29, 0.717) is 16.8 Å². The van der Waals surface area contributed by atoms with Gasteiger partial charge in [0.2, 0.25) is 0 Å². The average molecular weight is 195 g/mol. The summed E-state index contributed by atoms with van der Waals surface area (Å²) in [5.74, 6) is 0.715. The number of rotatable bonds is 1. The van der Waals surface area contributed by atoms with E-state index in [0.717, 1.165) is 11.3 Å². The van der Waals surface area contributed by atoms with E-state index in [1.165, 1.54) is 0 Å². The van der Waals surface area contributed by atoms with Crippen LogP contribution in [-0.4, -0.2) is 4.98 Å². The second kappa shape index (κ2) is 3.76. The third kappa shape index (κ3) is 1.99. The molecule has 1 aromatic heterocycles. The Hall–Kier alpha value is -1.07. The Morgan fingerprint density at radius 3 is 2.54 bits per heavy atom. The Morgan fingerprint density at radius 1 is 1.54 bits per heavy atom. The molecule has 0 saturated heterocycles. The molecule has 3 heteroatoms. The standard InChI is InChI=1S/C10H11ClN2/c1-6(2)10-7(3)13-9(12-4)5-8(10)11/h5-6H,1-3H3. The van der Waals surface area contributed by atoms with Gasteiger partial charge in [-0.2, -0.15) is 0 Å². The number of nitrogens with zero attached hydrogens (tertiary/aromatic N) is 2. The summed E-state index contributed by atoms with van der Waals surface area (Å²) >= 11 is 6.03. The van der Waals surface area contributed by atoms with Gasteiger partial charge in [-0.1, -0.05) is 32.0 Å². The van der Waals surface area contributed by atoms with Crippen molar-refractivity contribution in [2.24, 2.45) is 0 Å². The first-order chi connectivity index (χ1) is 6.06. The highest BCUT2D eigenvalue weighted by atomic mass is 35.5. The van der Waals surface area contributed by atoms with Gasteiger partial charge in [0, 0.05) is 17.5 Å². The fourth-order valence-electron chi connectivity index (χ4n) is 1.38. The van der Waals surface area contributed by atoms with Gasteiger partial charge >= 0.3 is 0 Å². The molecule has 0 radical (unpaired) electrons. The summed E-state index contributed by atoms with van der Waals surface area (Å²) < 4.78 is 0. The molecule has 0 bridgehead atoms. The van der Waals surface area contributed by atoms with Crippen LogP contribution >= 0.6 is 11.6 Å². The van der Waals surface area contributed by atoms with Gasteiger partial charge in [0.15, 0.2) is 0 Å². The Labute approximate surface area is 83.4 Å². The summed E-state index contributed by atoms with van der Waals surface area (Å²) in [7, 11) is 0. The lowest BCUT2D eigenvalue weighted by molar-refractivity contribution is 0.845. The van der Waals surface area contributed by atoms with Gasteiger partial charge in [-0.25, -0.2) is 0 Å². The van der Waals surface area contributed by atoms with Crippen molar-refractivity contribution in [1.29, 1.82) is 0 Å². The molecule has 0 aliphatic carbocycles. The summed E-state index contributed by atoms with van der Waals surface area (Å²) in [5.41, 5.74) is 1.89. The largest absolute Gasteiger partial charge is 0.361 e. The highest BCUT2D eigenvalue weighted by Gasteiger charge is 2.13. The molecular formula is C10H11ClN2. The molecule has 0 saturated carbocycles. The zero-order chi connectivity index (χ0) is 10.0. The summed E-state index contributed by atoms with van der Waals surface area (Å²) in [4.78, 5) is 7.38. The molecule has 1 rings (SSSR count). The van der Waals surface area contributed by atoms with E-state index in [2.05, 4.69) is 23.7 Å². The van der Waals surface area contributed by atoms with Crippen molar-refractivity contribution >= 4 is 17.4 Å². The van der Waals surface area contributed by atoms with E-state index >= 15 is 0 Å². The Bertz CT molecular complexity index is 341. The Morgan fingerprint density at radius 2 is 2.15 bits per heavy atom. The molecule has 13 heavy (non-hydrogen) atoms. The maximum absolute atomic E-state index is 6.82. The van der Waals surface area contributed by atoms with E-state index in [4.69, 9.17) is 18.2 Å². The summed E-state index contributed by atoms with van der Waals surface area (Å²) in [5, 5.41) is 0.647. The smallest absolute Gasteiger partial charge is 0.271 e. The van der Waals surface area contributed by atoms with Crippen LogP contribution in [0, 0.1) is 13.5 Å². The molecular weight excluding hydrogens is 184 g/mol. The van der Waals surface area contributed by atoms with Gasteiger partial charge in [0.05, 0.1) is 0 Å². The van der Waals surface area contributed by atoms with Gasteiger partial charge in [0.25, 0.3) is 5.82 Å². The molecule has 2 nitrogen and oxygen atoms in total. The van der Waals surface area contributed by atoms with Crippen LogP contribution in [0.1, 0.15) is 31.0 Å². The number of aromatic nitrogens is 1. The summed E-state index contributed by atoms with van der Waals surface area (Å²) in [6.07, 6.45) is 0. The lowest BCUT2D eigenvalue weighted by atomic mass is 10.0. The average Bonchev–Trinajstić information content (AvgIpc) is 2.02. The molecule has 1 aromatic rings. The zero-order valence-corrected chi connectivity index (χ0v) is 8.68. The fraction of sp³-hybridized carbons (Fsp3) is 0.400. The first-order valence-electron chi connectivity index (χ1n) is 4.10. The van der Waals surface area contributed by atoms with E-state index < -0.39 is 0 Å². The predicted molar refractivity (Wildman–Crippen MR) is 54.3 cm³/mol. The van der Waals surface area contributed by atoms with Crippen molar-refractivity contribution in [2.45, 2.75) is 26.7 Å². The van der Waals surface area contributed by atoms with Crippen LogP contribution in [0.4, 0.5) is 5.82 Å². The SMILES string of the molecule is [C-]#[N+]c1cc(Cl)c(C(C)C)c(C)n1. The Kier molecular flexibility index (Phi) is 2.90. The molecule has 0 aromatic carbocycles. The second-order valence-corrected chi connectivity index (χ2v) is 3.64. The molecule has 0 N–H and O–H groups in total. The van der Waals surface area contributed by atoms with Crippen LogP contribution in [0.5, 0.6) is 0 Å². The van der Waals surface area contributed by atoms with E-state index in [-0.39, 0.29) is 0 Å². The van der Waals surface area contributed by atoms with Gasteiger partial charge in [0.1, 0.15) is 5.69 Å². The van der Waals surface area contributed by atoms with Gasteiger partial charge in [-0.3, -0.25) is 0 Å². The van der Waals surface area contributed by atoms with Gasteiger partial charge < -0.3 is 4.85 Å². The quantitative estimate of drug-likeness (QED) is 0.623. The maximum atomic E-state index is 6.82. The number of hydrogen-bond donors (Lipinski definition) is 0. The molecule has 0 fully saturated rings. The zero-order valence-electron chi connectivity index (χ0n) is 7.93. The fourth-order valence-corrected chi connectivity index (χ4v) is 1.83. The van der Waals surface area contributed by atoms with E-state index in [1.54, 1.807) is 6.07 Å².